The van der Waals surface area contributed by atoms with E-state index in [4.69, 9.17) is 10.5 Å². The summed E-state index contributed by atoms with van der Waals surface area (Å²) in [5, 5.41) is 5.12. The van der Waals surface area contributed by atoms with E-state index in [1.54, 1.807) is 6.92 Å². The van der Waals surface area contributed by atoms with E-state index in [1.165, 1.54) is 23.4 Å². The zero-order valence-electron chi connectivity index (χ0n) is 16.6. The normalized spacial score (nSPS) is 11.8. The largest absolute Gasteiger partial charge is 0.457 e. The van der Waals surface area contributed by atoms with Crippen molar-refractivity contribution in [3.63, 3.8) is 0 Å². The molecule has 0 saturated carbocycles. The Morgan fingerprint density at radius 3 is 2.48 bits per heavy atom. The maximum atomic E-state index is 11.6. The average Bonchev–Trinajstić information content (AvgIpc) is 3.15. The molecule has 2 aromatic heterocycles. The molecule has 158 valence electrons. The highest BCUT2D eigenvalue weighted by atomic mass is 32.2. The lowest BCUT2D eigenvalue weighted by Gasteiger charge is -2.06. The molecule has 2 aromatic carbocycles. The SMILES string of the molecule is CCS(=O)(=O)N/C=C/n1nc(-c2ccc(Oc3ccccc3)cc2)c2c(N)ncnc21. The van der Waals surface area contributed by atoms with E-state index in [-0.39, 0.29) is 11.6 Å². The van der Waals surface area contributed by atoms with Gasteiger partial charge in [-0.15, -0.1) is 0 Å². The second-order valence-corrected chi connectivity index (χ2v) is 8.57. The number of ether oxygens (including phenoxy) is 1. The van der Waals surface area contributed by atoms with Crippen LogP contribution < -0.4 is 15.2 Å². The Balaban J connectivity index is 1.68. The van der Waals surface area contributed by atoms with Crippen LogP contribution in [0.25, 0.3) is 28.5 Å². The summed E-state index contributed by atoms with van der Waals surface area (Å²) in [5.74, 6) is 1.66. The molecule has 31 heavy (non-hydrogen) atoms. The number of hydrogen-bond acceptors (Lipinski definition) is 7. The van der Waals surface area contributed by atoms with Crippen molar-refractivity contribution in [1.82, 2.24) is 24.5 Å². The zero-order chi connectivity index (χ0) is 21.8. The quantitative estimate of drug-likeness (QED) is 0.455. The fourth-order valence-electron chi connectivity index (χ4n) is 2.89. The van der Waals surface area contributed by atoms with Crippen molar-refractivity contribution in [3.05, 3.63) is 67.1 Å². The number of aromatic nitrogens is 4. The average molecular weight is 436 g/mol. The molecule has 0 aliphatic rings. The second-order valence-electron chi connectivity index (χ2n) is 6.53. The zero-order valence-corrected chi connectivity index (χ0v) is 17.5. The maximum Gasteiger partial charge on any atom is 0.232 e. The first-order valence-corrected chi connectivity index (χ1v) is 11.1. The van der Waals surface area contributed by atoms with Crippen LogP contribution in [0.5, 0.6) is 11.5 Å². The van der Waals surface area contributed by atoms with Gasteiger partial charge in [-0.3, -0.25) is 4.72 Å². The summed E-state index contributed by atoms with van der Waals surface area (Å²) >= 11 is 0. The van der Waals surface area contributed by atoms with E-state index < -0.39 is 10.0 Å². The number of fused-ring (bicyclic) bond motifs is 1. The van der Waals surface area contributed by atoms with Gasteiger partial charge in [-0.1, -0.05) is 18.2 Å². The van der Waals surface area contributed by atoms with Gasteiger partial charge in [0.05, 0.1) is 11.1 Å². The number of rotatable bonds is 7. The third-order valence-corrected chi connectivity index (χ3v) is 5.72. The molecule has 4 rings (SSSR count). The standard InChI is InChI=1S/C21H20N6O3S/c1-2-31(28,29)25-12-13-27-21-18(20(22)23-14-24-21)19(26-27)15-8-10-17(11-9-15)30-16-6-4-3-5-7-16/h3-14,25H,2H2,1H3,(H2,22,23,24)/b13-12+. The minimum atomic E-state index is -3.38. The minimum absolute atomic E-state index is 0.0328. The van der Waals surface area contributed by atoms with E-state index >= 15 is 0 Å². The summed E-state index contributed by atoms with van der Waals surface area (Å²) in [5.41, 5.74) is 7.91. The molecule has 0 radical (unpaired) electrons. The number of nitrogens with one attached hydrogen (secondary N) is 1. The maximum absolute atomic E-state index is 11.6. The Bertz CT molecular complexity index is 1330. The number of hydrogen-bond donors (Lipinski definition) is 2. The van der Waals surface area contributed by atoms with Gasteiger partial charge >= 0.3 is 0 Å². The van der Waals surface area contributed by atoms with Gasteiger partial charge in [0.2, 0.25) is 10.0 Å². The van der Waals surface area contributed by atoms with Crippen molar-refractivity contribution in [2.75, 3.05) is 11.5 Å². The molecule has 0 fully saturated rings. The van der Waals surface area contributed by atoms with Crippen molar-refractivity contribution >= 4 is 33.1 Å². The molecule has 10 heteroatoms. The fourth-order valence-corrected chi connectivity index (χ4v) is 3.33. The molecule has 4 aromatic rings. The van der Waals surface area contributed by atoms with Crippen molar-refractivity contribution in [2.24, 2.45) is 0 Å². The highest BCUT2D eigenvalue weighted by molar-refractivity contribution is 7.89. The molecule has 0 unspecified atom stereocenters. The highest BCUT2D eigenvalue weighted by Crippen LogP contribution is 2.32. The Hall–Kier alpha value is -3.92. The summed E-state index contributed by atoms with van der Waals surface area (Å²) in [6.45, 7) is 1.55. The Morgan fingerprint density at radius 2 is 1.77 bits per heavy atom. The molecule has 0 aliphatic carbocycles. The lowest BCUT2D eigenvalue weighted by atomic mass is 10.1. The first kappa shape index (κ1) is 20.4. The first-order valence-electron chi connectivity index (χ1n) is 9.45. The molecule has 0 bridgehead atoms. The Kier molecular flexibility index (Phi) is 5.54. The molecule has 2 heterocycles. The number of nitrogen functional groups attached to an aromatic ring is 1. The predicted octanol–water partition coefficient (Wildman–Crippen LogP) is 3.24. The minimum Gasteiger partial charge on any atom is -0.457 e. The van der Waals surface area contributed by atoms with Gasteiger partial charge in [-0.25, -0.2) is 23.1 Å². The number of sulfonamides is 1. The molecular weight excluding hydrogens is 416 g/mol. The molecule has 0 atom stereocenters. The van der Waals surface area contributed by atoms with E-state index in [2.05, 4.69) is 19.8 Å². The van der Waals surface area contributed by atoms with Crippen molar-refractivity contribution in [1.29, 1.82) is 0 Å². The van der Waals surface area contributed by atoms with Crippen LogP contribution in [0, 0.1) is 0 Å². The van der Waals surface area contributed by atoms with Crippen LogP contribution in [-0.2, 0) is 10.0 Å². The molecule has 9 nitrogen and oxygen atoms in total. The molecule has 0 spiro atoms. The lowest BCUT2D eigenvalue weighted by Crippen LogP contribution is -2.19. The van der Waals surface area contributed by atoms with Crippen LogP contribution in [-0.4, -0.2) is 33.9 Å². The molecule has 3 N–H and O–H groups in total. The van der Waals surface area contributed by atoms with Crippen molar-refractivity contribution < 1.29 is 13.2 Å². The topological polar surface area (TPSA) is 125 Å². The number of benzene rings is 2. The predicted molar refractivity (Wildman–Crippen MR) is 120 cm³/mol. The summed E-state index contributed by atoms with van der Waals surface area (Å²) < 4.78 is 32.9. The summed E-state index contributed by atoms with van der Waals surface area (Å²) in [7, 11) is -3.38. The van der Waals surface area contributed by atoms with E-state index in [0.717, 1.165) is 11.3 Å². The monoisotopic (exact) mass is 436 g/mol. The van der Waals surface area contributed by atoms with Crippen LogP contribution in [0.4, 0.5) is 5.82 Å². The Labute approximate surface area is 179 Å². The molecular formula is C21H20N6O3S. The van der Waals surface area contributed by atoms with Crippen molar-refractivity contribution in [3.8, 4) is 22.8 Å². The number of anilines is 1. The smallest absolute Gasteiger partial charge is 0.232 e. The molecule has 0 amide bonds. The first-order chi connectivity index (χ1) is 15.0. The third-order valence-electron chi connectivity index (χ3n) is 4.47. The summed E-state index contributed by atoms with van der Waals surface area (Å²) in [6.07, 6.45) is 4.10. The second kappa shape index (κ2) is 8.44. The van der Waals surface area contributed by atoms with Gasteiger partial charge in [-0.05, 0) is 43.3 Å². The van der Waals surface area contributed by atoms with Gasteiger partial charge in [0.1, 0.15) is 29.3 Å². The Morgan fingerprint density at radius 1 is 1.06 bits per heavy atom. The number of nitrogens with zero attached hydrogens (tertiary/aromatic N) is 4. The van der Waals surface area contributed by atoms with Gasteiger partial charge in [-0.2, -0.15) is 5.10 Å². The number of para-hydroxylation sites is 1. The molecule has 0 saturated heterocycles. The summed E-state index contributed by atoms with van der Waals surface area (Å²) in [6, 6.07) is 16.9. The lowest BCUT2D eigenvalue weighted by molar-refractivity contribution is 0.483. The van der Waals surface area contributed by atoms with Crippen LogP contribution in [0.15, 0.2) is 67.1 Å². The van der Waals surface area contributed by atoms with Crippen LogP contribution in [0.2, 0.25) is 0 Å². The number of nitrogens with two attached hydrogens (primary N) is 1. The van der Waals surface area contributed by atoms with E-state index in [9.17, 15) is 8.42 Å². The van der Waals surface area contributed by atoms with Gasteiger partial charge in [0.15, 0.2) is 5.65 Å². The van der Waals surface area contributed by atoms with Crippen molar-refractivity contribution in [2.45, 2.75) is 6.92 Å². The highest BCUT2D eigenvalue weighted by Gasteiger charge is 2.16. The van der Waals surface area contributed by atoms with E-state index in [0.29, 0.717) is 22.5 Å². The van der Waals surface area contributed by atoms with Gasteiger partial charge < -0.3 is 10.5 Å². The van der Waals surface area contributed by atoms with Gasteiger partial charge in [0.25, 0.3) is 0 Å². The molecule has 0 aliphatic heterocycles. The third kappa shape index (κ3) is 4.48. The van der Waals surface area contributed by atoms with Crippen LogP contribution in [0.1, 0.15) is 6.92 Å². The fraction of sp³-hybridized carbons (Fsp3) is 0.0952. The van der Waals surface area contributed by atoms with Gasteiger partial charge in [0, 0.05) is 18.0 Å². The van der Waals surface area contributed by atoms with E-state index in [1.807, 2.05) is 54.6 Å². The summed E-state index contributed by atoms with van der Waals surface area (Å²) in [4.78, 5) is 8.32. The van der Waals surface area contributed by atoms with Crippen LogP contribution in [0.3, 0.4) is 0 Å². The van der Waals surface area contributed by atoms with Crippen LogP contribution >= 0.6 is 0 Å².